The third-order valence-corrected chi connectivity index (χ3v) is 2.25. The lowest BCUT2D eigenvalue weighted by Crippen LogP contribution is -2.11. The molecular weight excluding hydrogens is 206 g/mol. The van der Waals surface area contributed by atoms with E-state index in [9.17, 15) is 0 Å². The van der Waals surface area contributed by atoms with Crippen LogP contribution in [0.5, 0.6) is 0 Å². The van der Waals surface area contributed by atoms with Crippen molar-refractivity contribution in [3.8, 4) is 0 Å². The number of nitrogens with zero attached hydrogens (tertiary/aromatic N) is 3. The number of imidazole rings is 1. The summed E-state index contributed by atoms with van der Waals surface area (Å²) >= 11 is 0. The van der Waals surface area contributed by atoms with E-state index in [-0.39, 0.29) is 0 Å². The van der Waals surface area contributed by atoms with Crippen molar-refractivity contribution in [3.05, 3.63) is 42.4 Å². The second kappa shape index (κ2) is 4.65. The van der Waals surface area contributed by atoms with Gasteiger partial charge >= 0.3 is 0 Å². The Kier molecular flexibility index (Phi) is 3.05. The van der Waals surface area contributed by atoms with Crippen molar-refractivity contribution < 1.29 is 9.62 Å². The molecule has 0 saturated heterocycles. The SMILES string of the molecule is CCCn1ccnc1C(=NO)c1ccco1. The maximum absolute atomic E-state index is 9.04. The van der Waals surface area contributed by atoms with Crippen LogP contribution in [0.2, 0.25) is 0 Å². The van der Waals surface area contributed by atoms with Crippen LogP contribution in [-0.4, -0.2) is 20.5 Å². The van der Waals surface area contributed by atoms with E-state index in [0.29, 0.717) is 17.3 Å². The molecule has 2 aromatic heterocycles. The first kappa shape index (κ1) is 10.5. The normalized spacial score (nSPS) is 11.9. The first-order valence-corrected chi connectivity index (χ1v) is 5.14. The van der Waals surface area contributed by atoms with E-state index in [1.165, 1.54) is 6.26 Å². The van der Waals surface area contributed by atoms with Gasteiger partial charge in [-0.1, -0.05) is 12.1 Å². The Morgan fingerprint density at radius 3 is 3.12 bits per heavy atom. The van der Waals surface area contributed by atoms with Gasteiger partial charge in [0.05, 0.1) is 6.26 Å². The minimum atomic E-state index is 0.350. The third-order valence-electron chi connectivity index (χ3n) is 2.25. The molecule has 0 aliphatic rings. The highest BCUT2D eigenvalue weighted by Crippen LogP contribution is 2.10. The zero-order chi connectivity index (χ0) is 11.4. The molecule has 0 radical (unpaired) electrons. The average molecular weight is 219 g/mol. The van der Waals surface area contributed by atoms with Gasteiger partial charge in [-0.15, -0.1) is 0 Å². The molecule has 2 heterocycles. The maximum Gasteiger partial charge on any atom is 0.187 e. The number of rotatable bonds is 4. The van der Waals surface area contributed by atoms with Gasteiger partial charge in [0.1, 0.15) is 0 Å². The zero-order valence-corrected chi connectivity index (χ0v) is 9.00. The Balaban J connectivity index is 2.38. The number of oxime groups is 1. The number of aromatic nitrogens is 2. The third kappa shape index (κ3) is 1.84. The van der Waals surface area contributed by atoms with E-state index in [2.05, 4.69) is 17.1 Å². The van der Waals surface area contributed by atoms with Crippen LogP contribution in [0.15, 0.2) is 40.4 Å². The van der Waals surface area contributed by atoms with Gasteiger partial charge in [0, 0.05) is 18.9 Å². The van der Waals surface area contributed by atoms with Crippen LogP contribution in [-0.2, 0) is 6.54 Å². The van der Waals surface area contributed by atoms with Gasteiger partial charge < -0.3 is 14.2 Å². The van der Waals surface area contributed by atoms with E-state index in [4.69, 9.17) is 9.62 Å². The first-order valence-electron chi connectivity index (χ1n) is 5.14. The lowest BCUT2D eigenvalue weighted by atomic mass is 10.2. The molecular formula is C11H13N3O2. The molecule has 5 heteroatoms. The summed E-state index contributed by atoms with van der Waals surface area (Å²) < 4.78 is 7.13. The van der Waals surface area contributed by atoms with E-state index < -0.39 is 0 Å². The van der Waals surface area contributed by atoms with Crippen LogP contribution >= 0.6 is 0 Å². The van der Waals surface area contributed by atoms with Crippen molar-refractivity contribution in [3.63, 3.8) is 0 Å². The topological polar surface area (TPSA) is 63.5 Å². The molecule has 0 unspecified atom stereocenters. The van der Waals surface area contributed by atoms with Gasteiger partial charge in [0.2, 0.25) is 0 Å². The number of aryl methyl sites for hydroxylation is 1. The highest BCUT2D eigenvalue weighted by molar-refractivity contribution is 6.08. The molecule has 16 heavy (non-hydrogen) atoms. The van der Waals surface area contributed by atoms with Gasteiger partial charge in [-0.05, 0) is 18.6 Å². The Morgan fingerprint density at radius 2 is 2.50 bits per heavy atom. The smallest absolute Gasteiger partial charge is 0.187 e. The minimum Gasteiger partial charge on any atom is -0.462 e. The molecule has 0 aromatic carbocycles. The van der Waals surface area contributed by atoms with E-state index in [0.717, 1.165) is 13.0 Å². The predicted octanol–water partition coefficient (Wildman–Crippen LogP) is 2.11. The van der Waals surface area contributed by atoms with Crippen LogP contribution in [0, 0.1) is 0 Å². The van der Waals surface area contributed by atoms with Crippen LogP contribution in [0.4, 0.5) is 0 Å². The molecule has 0 saturated carbocycles. The molecule has 0 fully saturated rings. The highest BCUT2D eigenvalue weighted by Gasteiger charge is 2.15. The molecule has 5 nitrogen and oxygen atoms in total. The van der Waals surface area contributed by atoms with Crippen molar-refractivity contribution in [2.75, 3.05) is 0 Å². The van der Waals surface area contributed by atoms with Crippen LogP contribution < -0.4 is 0 Å². The molecule has 0 bridgehead atoms. The summed E-state index contributed by atoms with van der Waals surface area (Å²) in [4.78, 5) is 4.17. The van der Waals surface area contributed by atoms with Gasteiger partial charge in [-0.25, -0.2) is 4.98 Å². The summed E-state index contributed by atoms with van der Waals surface area (Å²) in [6.45, 7) is 2.90. The molecule has 0 amide bonds. The second-order valence-electron chi connectivity index (χ2n) is 3.37. The van der Waals surface area contributed by atoms with Crippen molar-refractivity contribution in [2.24, 2.45) is 5.16 Å². The van der Waals surface area contributed by atoms with E-state index in [1.54, 1.807) is 18.3 Å². The van der Waals surface area contributed by atoms with Crippen molar-refractivity contribution in [1.82, 2.24) is 9.55 Å². The zero-order valence-electron chi connectivity index (χ0n) is 9.00. The Bertz CT molecular complexity index is 471. The van der Waals surface area contributed by atoms with Gasteiger partial charge in [0.25, 0.3) is 0 Å². The first-order chi connectivity index (χ1) is 7.86. The molecule has 1 N–H and O–H groups in total. The second-order valence-corrected chi connectivity index (χ2v) is 3.37. The van der Waals surface area contributed by atoms with Crippen LogP contribution in [0.3, 0.4) is 0 Å². The summed E-state index contributed by atoms with van der Waals surface area (Å²) in [5.41, 5.74) is 0.350. The molecule has 2 aromatic rings. The molecule has 0 aliphatic carbocycles. The molecule has 0 spiro atoms. The van der Waals surface area contributed by atoms with Gasteiger partial charge in [-0.2, -0.15) is 0 Å². The number of furan rings is 1. The van der Waals surface area contributed by atoms with E-state index in [1.807, 2.05) is 10.8 Å². The molecule has 0 atom stereocenters. The fraction of sp³-hybridized carbons (Fsp3) is 0.273. The standard InChI is InChI=1S/C11H13N3O2/c1-2-6-14-7-5-12-11(14)10(13-15)9-4-3-8-16-9/h3-5,7-8,15H,2,6H2,1H3. The van der Waals surface area contributed by atoms with Crippen molar-refractivity contribution in [1.29, 1.82) is 0 Å². The number of hydrogen-bond donors (Lipinski definition) is 1. The summed E-state index contributed by atoms with van der Waals surface area (Å²) in [7, 11) is 0. The quantitative estimate of drug-likeness (QED) is 0.486. The van der Waals surface area contributed by atoms with E-state index >= 15 is 0 Å². The lowest BCUT2D eigenvalue weighted by Gasteiger charge is -2.05. The molecule has 0 aliphatic heterocycles. The van der Waals surface area contributed by atoms with Gasteiger partial charge in [-0.3, -0.25) is 0 Å². The predicted molar refractivity (Wildman–Crippen MR) is 58.7 cm³/mol. The highest BCUT2D eigenvalue weighted by atomic mass is 16.4. The summed E-state index contributed by atoms with van der Waals surface area (Å²) in [6.07, 6.45) is 6.06. The molecule has 2 rings (SSSR count). The lowest BCUT2D eigenvalue weighted by molar-refractivity contribution is 0.317. The summed E-state index contributed by atoms with van der Waals surface area (Å²) in [6, 6.07) is 3.48. The fourth-order valence-corrected chi connectivity index (χ4v) is 1.57. The average Bonchev–Trinajstić information content (AvgIpc) is 2.92. The largest absolute Gasteiger partial charge is 0.462 e. The van der Waals surface area contributed by atoms with Crippen LogP contribution in [0.1, 0.15) is 24.9 Å². The Hall–Kier alpha value is -2.04. The molecule has 84 valence electrons. The summed E-state index contributed by atoms with van der Waals surface area (Å²) in [5.74, 6) is 1.12. The maximum atomic E-state index is 9.04. The number of hydrogen-bond acceptors (Lipinski definition) is 4. The van der Waals surface area contributed by atoms with Gasteiger partial charge in [0.15, 0.2) is 17.3 Å². The Labute approximate surface area is 93.0 Å². The van der Waals surface area contributed by atoms with Crippen LogP contribution in [0.25, 0.3) is 0 Å². The Morgan fingerprint density at radius 1 is 1.62 bits per heavy atom. The van der Waals surface area contributed by atoms with Crippen molar-refractivity contribution in [2.45, 2.75) is 19.9 Å². The fourth-order valence-electron chi connectivity index (χ4n) is 1.57. The monoisotopic (exact) mass is 219 g/mol. The van der Waals surface area contributed by atoms with Crippen molar-refractivity contribution >= 4 is 5.71 Å². The summed E-state index contributed by atoms with van der Waals surface area (Å²) in [5, 5.41) is 12.3. The minimum absolute atomic E-state index is 0.350.